The fraction of sp³-hybridized carbons (Fsp3) is 0.471. The molecule has 1 fully saturated rings. The first-order valence-corrected chi connectivity index (χ1v) is 7.79. The molecule has 0 saturated carbocycles. The predicted molar refractivity (Wildman–Crippen MR) is 84.6 cm³/mol. The highest BCUT2D eigenvalue weighted by Gasteiger charge is 2.22. The van der Waals surface area contributed by atoms with Crippen molar-refractivity contribution in [1.29, 1.82) is 0 Å². The van der Waals surface area contributed by atoms with Crippen molar-refractivity contribution < 1.29 is 14.3 Å². The van der Waals surface area contributed by atoms with E-state index in [1.54, 1.807) is 0 Å². The Balaban J connectivity index is 1.59. The van der Waals surface area contributed by atoms with E-state index < -0.39 is 0 Å². The minimum Gasteiger partial charge on any atom is -0.459 e. The van der Waals surface area contributed by atoms with Crippen molar-refractivity contribution in [3.8, 4) is 0 Å². The Kier molecular flexibility index (Phi) is 4.34. The molecule has 1 saturated heterocycles. The summed E-state index contributed by atoms with van der Waals surface area (Å²) in [6.07, 6.45) is 1.74. The Morgan fingerprint density at radius 1 is 1.36 bits per heavy atom. The summed E-state index contributed by atoms with van der Waals surface area (Å²) in [7, 11) is 0. The van der Waals surface area contributed by atoms with Crippen molar-refractivity contribution in [2.24, 2.45) is 5.92 Å². The summed E-state index contributed by atoms with van der Waals surface area (Å²) in [5, 5.41) is 13.2. The van der Waals surface area contributed by atoms with Crippen LogP contribution in [0.15, 0.2) is 28.7 Å². The van der Waals surface area contributed by atoms with Gasteiger partial charge in [-0.25, -0.2) is 4.79 Å². The van der Waals surface area contributed by atoms with Crippen LogP contribution in [0.2, 0.25) is 0 Å². The number of amides is 2. The molecule has 1 aliphatic heterocycles. The van der Waals surface area contributed by atoms with E-state index in [1.165, 1.54) is 0 Å². The van der Waals surface area contributed by atoms with Gasteiger partial charge in [-0.2, -0.15) is 0 Å². The number of urea groups is 1. The van der Waals surface area contributed by atoms with Crippen LogP contribution in [0.5, 0.6) is 0 Å². The van der Waals surface area contributed by atoms with Crippen LogP contribution >= 0.6 is 0 Å². The second-order valence-corrected chi connectivity index (χ2v) is 5.92. The first-order valence-electron chi connectivity index (χ1n) is 7.79. The van der Waals surface area contributed by atoms with E-state index >= 15 is 0 Å². The largest absolute Gasteiger partial charge is 0.459 e. The third kappa shape index (κ3) is 2.95. The van der Waals surface area contributed by atoms with Crippen LogP contribution < -0.4 is 5.32 Å². The molecule has 1 aromatic carbocycles. The Bertz CT molecular complexity index is 657. The molecule has 22 heavy (non-hydrogen) atoms. The lowest BCUT2D eigenvalue weighted by atomic mass is 9.98. The summed E-state index contributed by atoms with van der Waals surface area (Å²) in [4.78, 5) is 14.0. The number of aryl methyl sites for hydroxylation is 1. The molecule has 3 rings (SSSR count). The number of hydrogen-bond acceptors (Lipinski definition) is 3. The summed E-state index contributed by atoms with van der Waals surface area (Å²) in [6, 6.07) is 7.83. The minimum atomic E-state index is -0.0590. The summed E-state index contributed by atoms with van der Waals surface area (Å²) >= 11 is 0. The number of para-hydroxylation sites is 1. The number of benzene rings is 1. The lowest BCUT2D eigenvalue weighted by Crippen LogP contribution is -2.44. The molecule has 2 amide bonds. The minimum absolute atomic E-state index is 0.0590. The zero-order valence-corrected chi connectivity index (χ0v) is 12.8. The number of fused-ring (bicyclic) bond motifs is 1. The van der Waals surface area contributed by atoms with Crippen molar-refractivity contribution in [3.05, 3.63) is 35.6 Å². The Hall–Kier alpha value is -2.01. The predicted octanol–water partition coefficient (Wildman–Crippen LogP) is 2.66. The molecule has 0 spiro atoms. The van der Waals surface area contributed by atoms with Gasteiger partial charge < -0.3 is 19.7 Å². The van der Waals surface area contributed by atoms with Gasteiger partial charge in [0.05, 0.1) is 6.54 Å². The lowest BCUT2D eigenvalue weighted by Gasteiger charge is -2.31. The van der Waals surface area contributed by atoms with Crippen LogP contribution in [0.3, 0.4) is 0 Å². The van der Waals surface area contributed by atoms with Crippen LogP contribution in [0, 0.1) is 12.8 Å². The number of piperidine rings is 1. The smallest absolute Gasteiger partial charge is 0.317 e. The molecular formula is C17H22N2O3. The monoisotopic (exact) mass is 302 g/mol. The zero-order valence-electron chi connectivity index (χ0n) is 12.8. The Morgan fingerprint density at radius 2 is 2.09 bits per heavy atom. The molecule has 5 nitrogen and oxygen atoms in total. The topological polar surface area (TPSA) is 65.7 Å². The molecule has 5 heteroatoms. The number of aliphatic hydroxyl groups excluding tert-OH is 1. The van der Waals surface area contributed by atoms with Gasteiger partial charge in [-0.3, -0.25) is 0 Å². The van der Waals surface area contributed by atoms with E-state index in [9.17, 15) is 4.79 Å². The molecule has 2 N–H and O–H groups in total. The zero-order chi connectivity index (χ0) is 15.5. The first kappa shape index (κ1) is 14.9. The van der Waals surface area contributed by atoms with Gasteiger partial charge in [-0.15, -0.1) is 0 Å². The highest BCUT2D eigenvalue weighted by molar-refractivity contribution is 5.82. The highest BCUT2D eigenvalue weighted by atomic mass is 16.3. The maximum atomic E-state index is 12.2. The summed E-state index contributed by atoms with van der Waals surface area (Å²) in [5.41, 5.74) is 1.93. The van der Waals surface area contributed by atoms with Gasteiger partial charge in [0.1, 0.15) is 11.3 Å². The van der Waals surface area contributed by atoms with E-state index in [1.807, 2.05) is 36.1 Å². The van der Waals surface area contributed by atoms with Gasteiger partial charge in [0.15, 0.2) is 0 Å². The number of carbonyl (C=O) groups excluding carboxylic acids is 1. The molecule has 0 atom stereocenters. The van der Waals surface area contributed by atoms with Crippen LogP contribution in [-0.4, -0.2) is 35.7 Å². The molecule has 1 aromatic heterocycles. The average Bonchev–Trinajstić information content (AvgIpc) is 2.89. The quantitative estimate of drug-likeness (QED) is 0.916. The van der Waals surface area contributed by atoms with Crippen molar-refractivity contribution in [2.75, 3.05) is 19.7 Å². The first-order chi connectivity index (χ1) is 10.7. The fourth-order valence-electron chi connectivity index (χ4n) is 2.98. The molecule has 2 heterocycles. The van der Waals surface area contributed by atoms with Gasteiger partial charge in [0.2, 0.25) is 0 Å². The maximum Gasteiger partial charge on any atom is 0.317 e. The maximum absolute atomic E-state index is 12.2. The van der Waals surface area contributed by atoms with E-state index in [4.69, 9.17) is 9.52 Å². The number of likely N-dealkylation sites (tertiary alicyclic amines) is 1. The van der Waals surface area contributed by atoms with Gasteiger partial charge in [0.25, 0.3) is 0 Å². The van der Waals surface area contributed by atoms with E-state index in [2.05, 4.69) is 5.32 Å². The molecule has 1 aliphatic rings. The van der Waals surface area contributed by atoms with Crippen molar-refractivity contribution in [3.63, 3.8) is 0 Å². The van der Waals surface area contributed by atoms with Crippen molar-refractivity contribution >= 4 is 17.0 Å². The fourth-order valence-corrected chi connectivity index (χ4v) is 2.98. The van der Waals surface area contributed by atoms with Crippen LogP contribution in [-0.2, 0) is 6.54 Å². The molecular weight excluding hydrogens is 280 g/mol. The van der Waals surface area contributed by atoms with Gasteiger partial charge in [-0.1, -0.05) is 18.2 Å². The number of carbonyl (C=O) groups is 1. The Morgan fingerprint density at radius 3 is 2.77 bits per heavy atom. The normalized spacial score (nSPS) is 16.2. The number of aliphatic hydroxyl groups is 1. The summed E-state index contributed by atoms with van der Waals surface area (Å²) in [5.74, 6) is 1.14. The molecule has 2 aromatic rings. The van der Waals surface area contributed by atoms with Gasteiger partial charge in [0, 0.05) is 30.6 Å². The molecule has 118 valence electrons. The van der Waals surface area contributed by atoms with E-state index in [0.29, 0.717) is 25.6 Å². The third-order valence-corrected chi connectivity index (χ3v) is 4.50. The third-order valence-electron chi connectivity index (χ3n) is 4.50. The molecule has 0 radical (unpaired) electrons. The molecule has 0 aliphatic carbocycles. The second kappa shape index (κ2) is 6.40. The van der Waals surface area contributed by atoms with E-state index in [-0.39, 0.29) is 12.6 Å². The van der Waals surface area contributed by atoms with Crippen LogP contribution in [0.4, 0.5) is 4.79 Å². The Labute approximate surface area is 129 Å². The second-order valence-electron chi connectivity index (χ2n) is 5.92. The number of furan rings is 1. The number of hydrogen-bond donors (Lipinski definition) is 2. The van der Waals surface area contributed by atoms with Crippen LogP contribution in [0.25, 0.3) is 11.0 Å². The lowest BCUT2D eigenvalue weighted by molar-refractivity contribution is 0.137. The number of rotatable bonds is 3. The van der Waals surface area contributed by atoms with Crippen molar-refractivity contribution in [1.82, 2.24) is 10.2 Å². The van der Waals surface area contributed by atoms with Crippen LogP contribution in [0.1, 0.15) is 24.2 Å². The number of nitrogens with zero attached hydrogens (tertiary/aromatic N) is 1. The standard InChI is InChI=1S/C17H22N2O3/c1-12-14-4-2-3-5-15(14)22-16(12)10-18-17(21)19-8-6-13(11-20)7-9-19/h2-5,13,20H,6-11H2,1H3,(H,18,21). The van der Waals surface area contributed by atoms with Gasteiger partial charge >= 0.3 is 6.03 Å². The van der Waals surface area contributed by atoms with E-state index in [0.717, 1.165) is 35.1 Å². The van der Waals surface area contributed by atoms with Gasteiger partial charge in [-0.05, 0) is 31.7 Å². The SMILES string of the molecule is Cc1c(CNC(=O)N2CCC(CO)CC2)oc2ccccc12. The molecule has 0 bridgehead atoms. The summed E-state index contributed by atoms with van der Waals surface area (Å²) in [6.45, 7) is 4.04. The van der Waals surface area contributed by atoms with Crippen molar-refractivity contribution in [2.45, 2.75) is 26.3 Å². The average molecular weight is 302 g/mol. The highest BCUT2D eigenvalue weighted by Crippen LogP contribution is 2.24. The number of nitrogens with one attached hydrogen (secondary N) is 1. The molecule has 0 unspecified atom stereocenters. The summed E-state index contributed by atoms with van der Waals surface area (Å²) < 4.78 is 5.80.